The lowest BCUT2D eigenvalue weighted by molar-refractivity contribution is 0.596. The number of halogens is 2. The Hall–Kier alpha value is -1.70. The fourth-order valence-corrected chi connectivity index (χ4v) is 2.70. The summed E-state index contributed by atoms with van der Waals surface area (Å²) >= 11 is 0. The first kappa shape index (κ1) is 15.7. The predicted molar refractivity (Wildman–Crippen MR) is 83.5 cm³/mol. The highest BCUT2D eigenvalue weighted by atomic mass is 19.1. The van der Waals surface area contributed by atoms with Crippen molar-refractivity contribution in [2.75, 3.05) is 0 Å². The van der Waals surface area contributed by atoms with Crippen molar-refractivity contribution >= 4 is 0 Å². The molecule has 21 heavy (non-hydrogen) atoms. The summed E-state index contributed by atoms with van der Waals surface area (Å²) in [5.41, 5.74) is 3.60. The van der Waals surface area contributed by atoms with Crippen molar-refractivity contribution in [2.45, 2.75) is 46.5 Å². The van der Waals surface area contributed by atoms with Gasteiger partial charge in [0.1, 0.15) is 11.6 Å². The van der Waals surface area contributed by atoms with Crippen molar-refractivity contribution in [1.29, 1.82) is 0 Å². The van der Waals surface area contributed by atoms with Gasteiger partial charge < -0.3 is 0 Å². The molecule has 0 nitrogen and oxygen atoms in total. The Balaban J connectivity index is 2.70. The zero-order valence-electron chi connectivity index (χ0n) is 13.1. The van der Waals surface area contributed by atoms with Crippen LogP contribution >= 0.6 is 0 Å². The smallest absolute Gasteiger partial charge is 0.129 e. The quantitative estimate of drug-likeness (QED) is 0.678. The lowest BCUT2D eigenvalue weighted by Crippen LogP contribution is -2.01. The highest BCUT2D eigenvalue weighted by Crippen LogP contribution is 2.33. The highest BCUT2D eigenvalue weighted by Gasteiger charge is 2.16. The molecule has 0 aliphatic carbocycles. The van der Waals surface area contributed by atoms with Crippen LogP contribution in [0.25, 0.3) is 11.1 Å². The third-order valence-electron chi connectivity index (χ3n) is 3.84. The van der Waals surface area contributed by atoms with Crippen LogP contribution in [-0.4, -0.2) is 0 Å². The molecule has 0 fully saturated rings. The van der Waals surface area contributed by atoms with E-state index in [0.717, 1.165) is 11.1 Å². The van der Waals surface area contributed by atoms with E-state index < -0.39 is 0 Å². The van der Waals surface area contributed by atoms with Crippen molar-refractivity contribution in [3.8, 4) is 11.1 Å². The van der Waals surface area contributed by atoms with Gasteiger partial charge in [0.05, 0.1) is 0 Å². The van der Waals surface area contributed by atoms with Crippen molar-refractivity contribution in [3.05, 3.63) is 58.7 Å². The lowest BCUT2D eigenvalue weighted by Gasteiger charge is -2.16. The number of aryl methyl sites for hydroxylation is 2. The predicted octanol–water partition coefficient (Wildman–Crippen LogP) is 5.68. The molecule has 2 aromatic carbocycles. The maximum atomic E-state index is 14.2. The van der Waals surface area contributed by atoms with Gasteiger partial charge in [0.15, 0.2) is 0 Å². The molecule has 0 unspecified atom stereocenters. The lowest BCUT2D eigenvalue weighted by atomic mass is 9.89. The van der Waals surface area contributed by atoms with E-state index >= 15 is 0 Å². The molecule has 0 saturated carbocycles. The second kappa shape index (κ2) is 6.38. The molecule has 0 aromatic heterocycles. The second-order valence-corrected chi connectivity index (χ2v) is 5.58. The standard InChI is InChI=1S/C19H21F2/c1-5-13-10-15(11-14(6-2)19(13)21)16-8-7-9-17(20)18(16)12(3)4/h7,9-12H,5-6H2,1-4H3. The van der Waals surface area contributed by atoms with E-state index in [1.165, 1.54) is 6.07 Å². The third kappa shape index (κ3) is 2.99. The molecule has 0 saturated heterocycles. The van der Waals surface area contributed by atoms with Crippen LogP contribution in [0.4, 0.5) is 8.78 Å². The monoisotopic (exact) mass is 287 g/mol. The van der Waals surface area contributed by atoms with Gasteiger partial charge in [-0.2, -0.15) is 0 Å². The highest BCUT2D eigenvalue weighted by molar-refractivity contribution is 5.69. The van der Waals surface area contributed by atoms with Crippen LogP contribution in [0.5, 0.6) is 0 Å². The Bertz CT molecular complexity index is 617. The maximum absolute atomic E-state index is 14.2. The fraction of sp³-hybridized carbons (Fsp3) is 0.368. The molecule has 0 heterocycles. The zero-order chi connectivity index (χ0) is 15.6. The minimum atomic E-state index is -0.223. The van der Waals surface area contributed by atoms with Gasteiger partial charge in [-0.1, -0.05) is 33.8 Å². The average Bonchev–Trinajstić information content (AvgIpc) is 2.46. The van der Waals surface area contributed by atoms with Gasteiger partial charge in [-0.15, -0.1) is 0 Å². The molecule has 1 radical (unpaired) electrons. The van der Waals surface area contributed by atoms with Gasteiger partial charge in [-0.3, -0.25) is 0 Å². The van der Waals surface area contributed by atoms with Gasteiger partial charge in [-0.25, -0.2) is 8.78 Å². The molecule has 0 aliphatic rings. The molecule has 0 atom stereocenters. The van der Waals surface area contributed by atoms with E-state index in [-0.39, 0.29) is 17.6 Å². The first-order valence-electron chi connectivity index (χ1n) is 7.51. The van der Waals surface area contributed by atoms with E-state index in [4.69, 9.17) is 0 Å². The molecule has 0 spiro atoms. The summed E-state index contributed by atoms with van der Waals surface area (Å²) in [6.45, 7) is 7.78. The molecule has 2 aromatic rings. The number of hydrogen-bond donors (Lipinski definition) is 0. The van der Waals surface area contributed by atoms with Crippen molar-refractivity contribution in [3.63, 3.8) is 0 Å². The third-order valence-corrected chi connectivity index (χ3v) is 3.84. The summed E-state index contributed by atoms with van der Waals surface area (Å²) in [7, 11) is 0. The van der Waals surface area contributed by atoms with Crippen LogP contribution < -0.4 is 0 Å². The van der Waals surface area contributed by atoms with E-state index in [0.29, 0.717) is 29.5 Å². The Morgan fingerprint density at radius 1 is 1.05 bits per heavy atom. The average molecular weight is 287 g/mol. The number of hydrogen-bond acceptors (Lipinski definition) is 0. The zero-order valence-corrected chi connectivity index (χ0v) is 13.1. The van der Waals surface area contributed by atoms with Crippen LogP contribution in [0, 0.1) is 17.7 Å². The Morgan fingerprint density at radius 3 is 2.10 bits per heavy atom. The summed E-state index contributed by atoms with van der Waals surface area (Å²) in [5, 5.41) is 0. The maximum Gasteiger partial charge on any atom is 0.129 e. The normalized spacial score (nSPS) is 11.2. The number of benzene rings is 2. The van der Waals surface area contributed by atoms with Gasteiger partial charge in [0, 0.05) is 0 Å². The van der Waals surface area contributed by atoms with Crippen LogP contribution in [-0.2, 0) is 12.8 Å². The molecular weight excluding hydrogens is 266 g/mol. The van der Waals surface area contributed by atoms with E-state index in [2.05, 4.69) is 6.07 Å². The van der Waals surface area contributed by atoms with Crippen molar-refractivity contribution < 1.29 is 8.78 Å². The summed E-state index contributed by atoms with van der Waals surface area (Å²) in [4.78, 5) is 0. The summed E-state index contributed by atoms with van der Waals surface area (Å²) in [6, 6.07) is 9.81. The first-order chi connectivity index (χ1) is 9.99. The SMILES string of the molecule is CCc1cc(-c2[c]ccc(F)c2C(C)C)cc(CC)c1F. The van der Waals surface area contributed by atoms with Crippen molar-refractivity contribution in [1.82, 2.24) is 0 Å². The molecule has 2 rings (SSSR count). The van der Waals surface area contributed by atoms with E-state index in [1.54, 1.807) is 6.07 Å². The molecule has 0 amide bonds. The fourth-order valence-electron chi connectivity index (χ4n) is 2.70. The summed E-state index contributed by atoms with van der Waals surface area (Å²) in [5.74, 6) is -0.303. The Labute approximate surface area is 125 Å². The molecule has 2 heteroatoms. The topological polar surface area (TPSA) is 0 Å². The minimum Gasteiger partial charge on any atom is -0.207 e. The number of rotatable bonds is 4. The van der Waals surface area contributed by atoms with Crippen molar-refractivity contribution in [2.24, 2.45) is 0 Å². The van der Waals surface area contributed by atoms with Crippen LogP contribution in [0.15, 0.2) is 24.3 Å². The van der Waals surface area contributed by atoms with E-state index in [1.807, 2.05) is 39.8 Å². The first-order valence-corrected chi connectivity index (χ1v) is 7.51. The van der Waals surface area contributed by atoms with E-state index in [9.17, 15) is 8.78 Å². The van der Waals surface area contributed by atoms with Gasteiger partial charge in [0.2, 0.25) is 0 Å². The summed E-state index contributed by atoms with van der Waals surface area (Å²) < 4.78 is 28.4. The molecule has 111 valence electrons. The summed E-state index contributed by atoms with van der Waals surface area (Å²) in [6.07, 6.45) is 1.25. The van der Waals surface area contributed by atoms with Gasteiger partial charge >= 0.3 is 0 Å². The van der Waals surface area contributed by atoms with Crippen LogP contribution in [0.1, 0.15) is 50.3 Å². The Morgan fingerprint density at radius 2 is 1.62 bits per heavy atom. The molecule has 0 N–H and O–H groups in total. The minimum absolute atomic E-state index is 0.0534. The van der Waals surface area contributed by atoms with Gasteiger partial charge in [0.25, 0.3) is 0 Å². The van der Waals surface area contributed by atoms with Crippen LogP contribution in [0.3, 0.4) is 0 Å². The Kier molecular flexibility index (Phi) is 4.76. The largest absolute Gasteiger partial charge is 0.207 e. The molecular formula is C19H21F2. The molecule has 0 aliphatic heterocycles. The van der Waals surface area contributed by atoms with Crippen LogP contribution in [0.2, 0.25) is 0 Å². The second-order valence-electron chi connectivity index (χ2n) is 5.58. The molecule has 0 bridgehead atoms. The van der Waals surface area contributed by atoms with Gasteiger partial charge in [-0.05, 0) is 70.8 Å².